The summed E-state index contributed by atoms with van der Waals surface area (Å²) in [6, 6.07) is 8.32. The van der Waals surface area contributed by atoms with E-state index in [-0.39, 0.29) is 5.95 Å². The Morgan fingerprint density at radius 1 is 0.735 bits per heavy atom. The summed E-state index contributed by atoms with van der Waals surface area (Å²) in [7, 11) is 0. The van der Waals surface area contributed by atoms with Gasteiger partial charge >= 0.3 is 0 Å². The minimum atomic E-state index is -0.381. The van der Waals surface area contributed by atoms with Gasteiger partial charge in [-0.2, -0.15) is 4.39 Å². The van der Waals surface area contributed by atoms with Crippen LogP contribution in [0.3, 0.4) is 0 Å². The van der Waals surface area contributed by atoms with Crippen LogP contribution in [0.5, 0.6) is 0 Å². The van der Waals surface area contributed by atoms with Crippen molar-refractivity contribution in [2.45, 2.75) is 123 Å². The van der Waals surface area contributed by atoms with Crippen molar-refractivity contribution in [1.29, 1.82) is 0 Å². The van der Waals surface area contributed by atoms with Gasteiger partial charge in [-0.05, 0) is 42.2 Å². The lowest BCUT2D eigenvalue weighted by Crippen LogP contribution is -2.15. The van der Waals surface area contributed by atoms with Crippen molar-refractivity contribution in [2.24, 2.45) is 11.8 Å². The van der Waals surface area contributed by atoms with Gasteiger partial charge in [0.2, 0.25) is 5.95 Å². The number of unbranched alkanes of at least 4 members (excludes halogenated alkanes) is 7. The van der Waals surface area contributed by atoms with Crippen LogP contribution in [0.1, 0.15) is 122 Å². The summed E-state index contributed by atoms with van der Waals surface area (Å²) < 4.78 is 14.8. The number of aryl methyl sites for hydroxylation is 2. The summed E-state index contributed by atoms with van der Waals surface area (Å²) in [6.07, 6.45) is 23.4. The van der Waals surface area contributed by atoms with Crippen molar-refractivity contribution in [2.75, 3.05) is 0 Å². The number of rotatable bonds is 15. The standard InChI is InChI=1S/C31H47FN2/c1-3-5-7-8-9-10-11-13-26-18-21-28(22-19-26)29-24-33-30(34-31(29)32)23-20-27-16-14-25(15-17-27)12-6-4-2/h18-19,21-22,24-25,27H,3-17,20,23H2,1-2H3/t25-,27-. The zero-order chi connectivity index (χ0) is 24.0. The molecule has 1 fully saturated rings. The number of halogens is 1. The molecule has 0 radical (unpaired) electrons. The summed E-state index contributed by atoms with van der Waals surface area (Å²) in [5, 5.41) is 0. The van der Waals surface area contributed by atoms with Crippen molar-refractivity contribution in [3.05, 3.63) is 47.8 Å². The molecule has 1 aromatic heterocycles. The topological polar surface area (TPSA) is 25.8 Å². The van der Waals surface area contributed by atoms with Gasteiger partial charge in [0.15, 0.2) is 0 Å². The van der Waals surface area contributed by atoms with E-state index in [1.807, 2.05) is 12.1 Å². The highest BCUT2D eigenvalue weighted by atomic mass is 19.1. The van der Waals surface area contributed by atoms with Gasteiger partial charge in [0.25, 0.3) is 0 Å². The zero-order valence-corrected chi connectivity index (χ0v) is 21.8. The molecule has 188 valence electrons. The van der Waals surface area contributed by atoms with Crippen LogP contribution in [0.2, 0.25) is 0 Å². The highest BCUT2D eigenvalue weighted by Crippen LogP contribution is 2.34. The SMILES string of the molecule is CCCCCCCCCc1ccc(-c2cnc(CC[C@H]3CC[C@H](CCCC)CC3)nc2F)cc1. The molecule has 1 saturated carbocycles. The highest BCUT2D eigenvalue weighted by molar-refractivity contribution is 5.62. The average molecular weight is 467 g/mol. The molecule has 0 saturated heterocycles. The minimum Gasteiger partial charge on any atom is -0.241 e. The fourth-order valence-corrected chi connectivity index (χ4v) is 5.48. The van der Waals surface area contributed by atoms with E-state index in [0.29, 0.717) is 11.4 Å². The van der Waals surface area contributed by atoms with E-state index in [1.165, 1.54) is 95.5 Å². The fourth-order valence-electron chi connectivity index (χ4n) is 5.48. The molecule has 0 spiro atoms. The van der Waals surface area contributed by atoms with E-state index < -0.39 is 0 Å². The molecule has 3 rings (SSSR count). The van der Waals surface area contributed by atoms with Gasteiger partial charge in [0.1, 0.15) is 5.82 Å². The lowest BCUT2D eigenvalue weighted by Gasteiger charge is -2.28. The van der Waals surface area contributed by atoms with Crippen LogP contribution in [-0.4, -0.2) is 9.97 Å². The van der Waals surface area contributed by atoms with Gasteiger partial charge in [0, 0.05) is 12.6 Å². The molecular formula is C31H47FN2. The largest absolute Gasteiger partial charge is 0.241 e. The number of benzene rings is 1. The Labute approximate surface area is 208 Å². The van der Waals surface area contributed by atoms with Gasteiger partial charge in [-0.3, -0.25) is 0 Å². The third kappa shape index (κ3) is 9.12. The normalized spacial score (nSPS) is 18.3. The van der Waals surface area contributed by atoms with Crippen LogP contribution in [0.15, 0.2) is 30.5 Å². The maximum Gasteiger partial charge on any atom is 0.224 e. The van der Waals surface area contributed by atoms with Crippen LogP contribution < -0.4 is 0 Å². The lowest BCUT2D eigenvalue weighted by atomic mass is 9.78. The van der Waals surface area contributed by atoms with Crippen LogP contribution in [0, 0.1) is 17.8 Å². The van der Waals surface area contributed by atoms with Gasteiger partial charge in [-0.25, -0.2) is 9.97 Å². The monoisotopic (exact) mass is 466 g/mol. The second-order valence-corrected chi connectivity index (χ2v) is 10.6. The quantitative estimate of drug-likeness (QED) is 0.193. The summed E-state index contributed by atoms with van der Waals surface area (Å²) in [5.74, 6) is 1.97. The van der Waals surface area contributed by atoms with E-state index in [0.717, 1.165) is 36.7 Å². The van der Waals surface area contributed by atoms with Gasteiger partial charge in [-0.15, -0.1) is 0 Å². The molecule has 1 aliphatic carbocycles. The van der Waals surface area contributed by atoms with Gasteiger partial charge in [0.05, 0.1) is 5.56 Å². The average Bonchev–Trinajstić information content (AvgIpc) is 2.87. The molecule has 2 aromatic rings. The van der Waals surface area contributed by atoms with Crippen molar-refractivity contribution < 1.29 is 4.39 Å². The zero-order valence-electron chi connectivity index (χ0n) is 21.8. The smallest absolute Gasteiger partial charge is 0.224 e. The Morgan fingerprint density at radius 3 is 2.00 bits per heavy atom. The lowest BCUT2D eigenvalue weighted by molar-refractivity contribution is 0.249. The van der Waals surface area contributed by atoms with Crippen LogP contribution in [0.4, 0.5) is 4.39 Å². The van der Waals surface area contributed by atoms with E-state index >= 15 is 0 Å². The summed E-state index contributed by atoms with van der Waals surface area (Å²) in [6.45, 7) is 4.54. The van der Waals surface area contributed by atoms with Crippen molar-refractivity contribution in [3.8, 4) is 11.1 Å². The molecule has 0 N–H and O–H groups in total. The highest BCUT2D eigenvalue weighted by Gasteiger charge is 2.21. The Bertz CT molecular complexity index is 809. The summed E-state index contributed by atoms with van der Waals surface area (Å²) in [4.78, 5) is 8.74. The first-order chi connectivity index (χ1) is 16.7. The third-order valence-corrected chi connectivity index (χ3v) is 7.83. The second kappa shape index (κ2) is 15.3. The molecule has 0 atom stereocenters. The molecule has 1 heterocycles. The molecular weight excluding hydrogens is 419 g/mol. The van der Waals surface area contributed by atoms with Gasteiger partial charge < -0.3 is 0 Å². The molecule has 3 heteroatoms. The molecule has 0 unspecified atom stereocenters. The molecule has 1 aliphatic rings. The minimum absolute atomic E-state index is 0.381. The van der Waals surface area contributed by atoms with Crippen molar-refractivity contribution in [3.63, 3.8) is 0 Å². The van der Waals surface area contributed by atoms with E-state index in [9.17, 15) is 4.39 Å². The van der Waals surface area contributed by atoms with Crippen molar-refractivity contribution in [1.82, 2.24) is 9.97 Å². The van der Waals surface area contributed by atoms with Crippen LogP contribution in [-0.2, 0) is 12.8 Å². The van der Waals surface area contributed by atoms with Crippen LogP contribution in [0.25, 0.3) is 11.1 Å². The first kappa shape index (κ1) is 26.8. The number of nitrogens with zero attached hydrogens (tertiary/aromatic N) is 2. The maximum atomic E-state index is 14.8. The Kier molecular flexibility index (Phi) is 12.1. The molecule has 0 aliphatic heterocycles. The number of hydrogen-bond acceptors (Lipinski definition) is 2. The molecule has 34 heavy (non-hydrogen) atoms. The molecule has 1 aromatic carbocycles. The van der Waals surface area contributed by atoms with E-state index in [2.05, 4.69) is 35.9 Å². The number of aromatic nitrogens is 2. The Hall–Kier alpha value is -1.77. The number of hydrogen-bond donors (Lipinski definition) is 0. The maximum absolute atomic E-state index is 14.8. The third-order valence-electron chi connectivity index (χ3n) is 7.83. The van der Waals surface area contributed by atoms with E-state index in [1.54, 1.807) is 6.20 Å². The van der Waals surface area contributed by atoms with Crippen LogP contribution >= 0.6 is 0 Å². The predicted octanol–water partition coefficient (Wildman–Crippen LogP) is 9.50. The molecule has 0 bridgehead atoms. The first-order valence-electron chi connectivity index (χ1n) is 14.3. The van der Waals surface area contributed by atoms with E-state index in [4.69, 9.17) is 0 Å². The second-order valence-electron chi connectivity index (χ2n) is 10.6. The summed E-state index contributed by atoms with van der Waals surface area (Å²) >= 11 is 0. The predicted molar refractivity (Wildman–Crippen MR) is 142 cm³/mol. The van der Waals surface area contributed by atoms with Gasteiger partial charge in [-0.1, -0.05) is 122 Å². The fraction of sp³-hybridized carbons (Fsp3) is 0.677. The summed E-state index contributed by atoms with van der Waals surface area (Å²) in [5.41, 5.74) is 2.72. The first-order valence-corrected chi connectivity index (χ1v) is 14.3. The molecule has 2 nitrogen and oxygen atoms in total. The Morgan fingerprint density at radius 2 is 1.35 bits per heavy atom. The molecule has 0 amide bonds. The Balaban J connectivity index is 1.41. The van der Waals surface area contributed by atoms with Crippen molar-refractivity contribution >= 4 is 0 Å².